The zero-order chi connectivity index (χ0) is 26.4. The summed E-state index contributed by atoms with van der Waals surface area (Å²) in [5.41, 5.74) is 5.20. The van der Waals surface area contributed by atoms with Crippen molar-refractivity contribution in [3.05, 3.63) is 88.3 Å². The average molecular weight is 521 g/mol. The van der Waals surface area contributed by atoms with Crippen molar-refractivity contribution in [2.24, 2.45) is 0 Å². The summed E-state index contributed by atoms with van der Waals surface area (Å²) in [6.07, 6.45) is 1.90. The summed E-state index contributed by atoms with van der Waals surface area (Å²) >= 11 is 1.34. The number of methoxy groups -OCH3 is 4. The first-order valence-electron chi connectivity index (χ1n) is 11.5. The lowest BCUT2D eigenvalue weighted by Gasteiger charge is -2.24. The molecule has 2 amide bonds. The Balaban J connectivity index is 1.67. The van der Waals surface area contributed by atoms with Crippen LogP contribution in [0.2, 0.25) is 0 Å². The van der Waals surface area contributed by atoms with Gasteiger partial charge in [-0.1, -0.05) is 54.2 Å². The molecule has 1 N–H and O–H groups in total. The van der Waals surface area contributed by atoms with Crippen LogP contribution in [0.4, 0.5) is 0 Å². The third kappa shape index (κ3) is 5.83. The molecule has 8 nitrogen and oxygen atoms in total. The Kier molecular flexibility index (Phi) is 8.25. The normalized spacial score (nSPS) is 16.0. The van der Waals surface area contributed by atoms with Gasteiger partial charge >= 0.3 is 0 Å². The fraction of sp³-hybridized carbons (Fsp3) is 0.214. The van der Waals surface area contributed by atoms with Crippen molar-refractivity contribution >= 4 is 29.7 Å². The molecule has 1 unspecified atom stereocenters. The number of rotatable bonds is 9. The number of carbonyl (C=O) groups is 2. The van der Waals surface area contributed by atoms with Crippen molar-refractivity contribution in [2.75, 3.05) is 28.4 Å². The third-order valence-corrected chi connectivity index (χ3v) is 6.99. The van der Waals surface area contributed by atoms with E-state index in [2.05, 4.69) is 5.43 Å². The molecule has 0 aliphatic carbocycles. The molecule has 0 spiro atoms. The number of amides is 2. The average Bonchev–Trinajstić information content (AvgIpc) is 3.22. The highest BCUT2D eigenvalue weighted by Crippen LogP contribution is 2.46. The molecule has 0 saturated carbocycles. The van der Waals surface area contributed by atoms with Crippen LogP contribution in [0.1, 0.15) is 22.1 Å². The molecule has 3 aromatic carbocycles. The van der Waals surface area contributed by atoms with Gasteiger partial charge in [-0.2, -0.15) is 0 Å². The van der Waals surface area contributed by atoms with Crippen LogP contribution in [0.25, 0.3) is 6.08 Å². The third-order valence-electron chi connectivity index (χ3n) is 5.74. The molecular formula is C28H28N2O6S. The van der Waals surface area contributed by atoms with Gasteiger partial charge in [0.2, 0.25) is 11.7 Å². The fourth-order valence-electron chi connectivity index (χ4n) is 3.93. The van der Waals surface area contributed by atoms with E-state index in [-0.39, 0.29) is 18.2 Å². The number of thioether (sulfide) groups is 1. The van der Waals surface area contributed by atoms with Crippen LogP contribution in [0.3, 0.4) is 0 Å². The quantitative estimate of drug-likeness (QED) is 0.413. The molecule has 192 valence electrons. The summed E-state index contributed by atoms with van der Waals surface area (Å²) < 4.78 is 21.6. The molecular weight excluding hydrogens is 492 g/mol. The highest BCUT2D eigenvalue weighted by Gasteiger charge is 2.38. The lowest BCUT2D eigenvalue weighted by atomic mass is 10.1. The van der Waals surface area contributed by atoms with Gasteiger partial charge < -0.3 is 18.9 Å². The Labute approximate surface area is 220 Å². The highest BCUT2D eigenvalue weighted by molar-refractivity contribution is 8.04. The van der Waals surface area contributed by atoms with E-state index in [1.165, 1.54) is 38.1 Å². The van der Waals surface area contributed by atoms with E-state index in [1.807, 2.05) is 54.6 Å². The largest absolute Gasteiger partial charge is 0.497 e. The summed E-state index contributed by atoms with van der Waals surface area (Å²) in [7, 11) is 6.20. The first-order chi connectivity index (χ1) is 18.0. The smallest absolute Gasteiger partial charge is 0.280 e. The van der Waals surface area contributed by atoms with E-state index in [0.29, 0.717) is 33.5 Å². The molecule has 9 heteroatoms. The second-order valence-corrected chi connectivity index (χ2v) is 9.21. The van der Waals surface area contributed by atoms with Crippen molar-refractivity contribution < 1.29 is 28.5 Å². The molecule has 3 aromatic rings. The monoisotopic (exact) mass is 520 g/mol. The van der Waals surface area contributed by atoms with Gasteiger partial charge in [-0.05, 0) is 47.0 Å². The Morgan fingerprint density at radius 2 is 1.57 bits per heavy atom. The molecule has 4 rings (SSSR count). The molecule has 1 fully saturated rings. The van der Waals surface area contributed by atoms with E-state index < -0.39 is 5.37 Å². The first-order valence-corrected chi connectivity index (χ1v) is 12.3. The van der Waals surface area contributed by atoms with Gasteiger partial charge in [-0.15, -0.1) is 0 Å². The van der Waals surface area contributed by atoms with Crippen molar-refractivity contribution in [2.45, 2.75) is 11.8 Å². The highest BCUT2D eigenvalue weighted by atomic mass is 32.2. The number of hydrazine groups is 1. The minimum absolute atomic E-state index is 0.149. The van der Waals surface area contributed by atoms with Crippen LogP contribution in [0.15, 0.2) is 71.6 Å². The summed E-state index contributed by atoms with van der Waals surface area (Å²) in [4.78, 5) is 26.9. The first kappa shape index (κ1) is 26.0. The molecule has 0 radical (unpaired) electrons. The predicted octanol–water partition coefficient (Wildman–Crippen LogP) is 4.61. The number of ether oxygens (including phenoxy) is 4. The maximum atomic E-state index is 13.5. The summed E-state index contributed by atoms with van der Waals surface area (Å²) in [6.45, 7) is 0. The molecule has 0 aromatic heterocycles. The Morgan fingerprint density at radius 3 is 2.14 bits per heavy atom. The number of nitrogens with one attached hydrogen (secondary N) is 1. The second-order valence-electron chi connectivity index (χ2n) is 8.08. The number of hydrogen-bond donors (Lipinski definition) is 1. The van der Waals surface area contributed by atoms with Gasteiger partial charge in [0.05, 0.1) is 39.8 Å². The van der Waals surface area contributed by atoms with E-state index in [4.69, 9.17) is 18.9 Å². The fourth-order valence-corrected chi connectivity index (χ4v) is 5.12. The summed E-state index contributed by atoms with van der Waals surface area (Å²) in [5.74, 6) is 1.51. The Bertz CT molecular complexity index is 1270. The zero-order valence-corrected chi connectivity index (χ0v) is 21.8. The molecule has 1 aliphatic heterocycles. The number of benzene rings is 3. The van der Waals surface area contributed by atoms with Crippen LogP contribution < -0.4 is 24.4 Å². The van der Waals surface area contributed by atoms with Crippen LogP contribution in [-0.4, -0.2) is 45.3 Å². The molecule has 1 saturated heterocycles. The Morgan fingerprint density at radius 1 is 0.919 bits per heavy atom. The van der Waals surface area contributed by atoms with Gasteiger partial charge in [0.15, 0.2) is 11.5 Å². The van der Waals surface area contributed by atoms with E-state index in [9.17, 15) is 9.59 Å². The molecule has 1 aliphatic rings. The van der Waals surface area contributed by atoms with Gasteiger partial charge in [0.25, 0.3) is 5.91 Å². The number of hydrogen-bond acceptors (Lipinski definition) is 7. The second kappa shape index (κ2) is 11.7. The van der Waals surface area contributed by atoms with Gasteiger partial charge in [-0.3, -0.25) is 15.0 Å². The van der Waals surface area contributed by atoms with Crippen LogP contribution in [0.5, 0.6) is 23.0 Å². The zero-order valence-electron chi connectivity index (χ0n) is 21.0. The number of nitrogens with zero attached hydrogens (tertiary/aromatic N) is 1. The Hall–Kier alpha value is -4.11. The van der Waals surface area contributed by atoms with Gasteiger partial charge in [-0.25, -0.2) is 5.01 Å². The van der Waals surface area contributed by atoms with Crippen LogP contribution in [0, 0.1) is 0 Å². The topological polar surface area (TPSA) is 86.3 Å². The minimum atomic E-state index is -0.466. The lowest BCUT2D eigenvalue weighted by Crippen LogP contribution is -2.44. The van der Waals surface area contributed by atoms with Crippen LogP contribution >= 0.6 is 11.8 Å². The SMILES string of the molecule is COc1ccc(C2SC(=Cc3cc(OC)c(OC)c(OC)c3)C(=O)N2NC(=O)Cc2ccccc2)cc1. The maximum Gasteiger partial charge on any atom is 0.280 e. The van der Waals surface area contributed by atoms with E-state index >= 15 is 0 Å². The maximum absolute atomic E-state index is 13.5. The molecule has 0 bridgehead atoms. The lowest BCUT2D eigenvalue weighted by molar-refractivity contribution is -0.137. The standard InChI is InChI=1S/C28H28N2O6S/c1-33-21-12-10-20(11-13-21)28-30(29-25(31)17-18-8-6-5-7-9-18)27(32)24(37-28)16-19-14-22(34-2)26(36-4)23(15-19)35-3/h5-16,28H,17H2,1-4H3,(H,29,31). The minimum Gasteiger partial charge on any atom is -0.497 e. The van der Waals surface area contributed by atoms with Crippen molar-refractivity contribution in [1.29, 1.82) is 0 Å². The van der Waals surface area contributed by atoms with Gasteiger partial charge in [0, 0.05) is 0 Å². The van der Waals surface area contributed by atoms with E-state index in [0.717, 1.165) is 11.1 Å². The molecule has 1 atom stereocenters. The summed E-state index contributed by atoms with van der Waals surface area (Å²) in [5, 5.41) is 0.910. The van der Waals surface area contributed by atoms with E-state index in [1.54, 1.807) is 25.3 Å². The van der Waals surface area contributed by atoms with Crippen molar-refractivity contribution in [1.82, 2.24) is 10.4 Å². The predicted molar refractivity (Wildman–Crippen MR) is 143 cm³/mol. The van der Waals surface area contributed by atoms with Gasteiger partial charge in [0.1, 0.15) is 11.1 Å². The van der Waals surface area contributed by atoms with Crippen molar-refractivity contribution in [3.8, 4) is 23.0 Å². The van der Waals surface area contributed by atoms with Crippen molar-refractivity contribution in [3.63, 3.8) is 0 Å². The summed E-state index contributed by atoms with van der Waals surface area (Å²) in [6, 6.07) is 20.3. The van der Waals surface area contributed by atoms with Crippen LogP contribution in [-0.2, 0) is 16.0 Å². The molecule has 37 heavy (non-hydrogen) atoms. The molecule has 1 heterocycles. The number of carbonyl (C=O) groups excluding carboxylic acids is 2.